The van der Waals surface area contributed by atoms with Crippen LogP contribution in [0.25, 0.3) is 0 Å². The summed E-state index contributed by atoms with van der Waals surface area (Å²) in [6, 6.07) is 10.2. The molecule has 1 N–H and O–H groups in total. The summed E-state index contributed by atoms with van der Waals surface area (Å²) in [5.41, 5.74) is 2.44. The van der Waals surface area contributed by atoms with Crippen molar-refractivity contribution in [3.63, 3.8) is 0 Å². The van der Waals surface area contributed by atoms with Gasteiger partial charge in [-0.05, 0) is 40.2 Å². The summed E-state index contributed by atoms with van der Waals surface area (Å²) in [4.78, 5) is 4.07. The van der Waals surface area contributed by atoms with Crippen LogP contribution in [0.4, 0.5) is 0 Å². The van der Waals surface area contributed by atoms with Gasteiger partial charge in [0.1, 0.15) is 12.4 Å². The second kappa shape index (κ2) is 6.52. The fourth-order valence-electron chi connectivity index (χ4n) is 1.69. The quantitative estimate of drug-likeness (QED) is 0.921. The Labute approximate surface area is 115 Å². The highest BCUT2D eigenvalue weighted by atomic mass is 79.9. The maximum atomic E-state index is 5.74. The van der Waals surface area contributed by atoms with Gasteiger partial charge in [-0.25, -0.2) is 0 Å². The van der Waals surface area contributed by atoms with Crippen LogP contribution in [-0.2, 0) is 13.2 Å². The summed E-state index contributed by atoms with van der Waals surface area (Å²) in [6.07, 6.45) is 3.45. The molecule has 1 aromatic carbocycles. The first kappa shape index (κ1) is 13.1. The fraction of sp³-hybridized carbons (Fsp3) is 0.214. The molecule has 1 heterocycles. The minimum absolute atomic E-state index is 0.552. The van der Waals surface area contributed by atoms with Crippen molar-refractivity contribution in [2.24, 2.45) is 0 Å². The monoisotopic (exact) mass is 306 g/mol. The number of nitrogens with zero attached hydrogens (tertiary/aromatic N) is 1. The highest BCUT2D eigenvalue weighted by Gasteiger charge is 2.02. The Morgan fingerprint density at radius 3 is 2.72 bits per heavy atom. The van der Waals surface area contributed by atoms with Crippen LogP contribution in [0.1, 0.15) is 11.1 Å². The Morgan fingerprint density at radius 2 is 2.00 bits per heavy atom. The maximum absolute atomic E-state index is 5.74. The zero-order valence-corrected chi connectivity index (χ0v) is 11.8. The maximum Gasteiger partial charge on any atom is 0.139 e. The van der Waals surface area contributed by atoms with E-state index in [2.05, 4.69) is 38.4 Å². The molecule has 0 spiro atoms. The minimum atomic E-state index is 0.552. The number of benzene rings is 1. The van der Waals surface area contributed by atoms with Gasteiger partial charge in [0.2, 0.25) is 0 Å². The predicted octanol–water partition coefficient (Wildman–Crippen LogP) is 3.14. The average molecular weight is 307 g/mol. The molecule has 0 radical (unpaired) electrons. The summed E-state index contributed by atoms with van der Waals surface area (Å²) in [6.45, 7) is 1.40. The summed E-state index contributed by atoms with van der Waals surface area (Å²) in [5, 5.41) is 3.16. The number of aromatic nitrogens is 1. The van der Waals surface area contributed by atoms with Gasteiger partial charge in [0, 0.05) is 17.2 Å². The van der Waals surface area contributed by atoms with E-state index in [0.717, 1.165) is 16.8 Å². The molecule has 3 nitrogen and oxygen atoms in total. The number of halogens is 1. The Kier molecular flexibility index (Phi) is 4.73. The summed E-state index contributed by atoms with van der Waals surface area (Å²) in [7, 11) is 1.94. The lowest BCUT2D eigenvalue weighted by molar-refractivity contribution is 0.303. The van der Waals surface area contributed by atoms with Crippen molar-refractivity contribution in [3.8, 4) is 5.75 Å². The molecule has 0 fully saturated rings. The van der Waals surface area contributed by atoms with E-state index in [9.17, 15) is 0 Å². The number of nitrogens with one attached hydrogen (secondary N) is 1. The smallest absolute Gasteiger partial charge is 0.139 e. The third-order valence-electron chi connectivity index (χ3n) is 2.56. The molecule has 0 unspecified atom stereocenters. The molecule has 0 saturated heterocycles. The molecule has 0 bridgehead atoms. The van der Waals surface area contributed by atoms with Gasteiger partial charge >= 0.3 is 0 Å². The Hall–Kier alpha value is -1.39. The third kappa shape index (κ3) is 3.55. The second-order valence-electron chi connectivity index (χ2n) is 3.93. The van der Waals surface area contributed by atoms with Gasteiger partial charge in [-0.3, -0.25) is 4.98 Å². The fourth-order valence-corrected chi connectivity index (χ4v) is 2.04. The van der Waals surface area contributed by atoms with Crippen LogP contribution in [0.2, 0.25) is 0 Å². The van der Waals surface area contributed by atoms with Crippen LogP contribution >= 0.6 is 15.9 Å². The zero-order valence-electron chi connectivity index (χ0n) is 10.2. The van der Waals surface area contributed by atoms with Gasteiger partial charge in [-0.2, -0.15) is 0 Å². The standard InChI is InChI=1S/C14H15BrN2O/c1-16-7-11-4-2-3-5-12(11)10-18-14-6-13(15)8-17-9-14/h2-6,8-9,16H,7,10H2,1H3. The lowest BCUT2D eigenvalue weighted by Gasteiger charge is -2.10. The molecule has 0 aliphatic heterocycles. The van der Waals surface area contributed by atoms with Crippen molar-refractivity contribution in [3.05, 3.63) is 58.3 Å². The van der Waals surface area contributed by atoms with Crippen LogP contribution in [0, 0.1) is 0 Å². The van der Waals surface area contributed by atoms with E-state index in [1.165, 1.54) is 11.1 Å². The molecule has 4 heteroatoms. The van der Waals surface area contributed by atoms with Crippen molar-refractivity contribution in [2.75, 3.05) is 7.05 Å². The van der Waals surface area contributed by atoms with Crippen LogP contribution in [-0.4, -0.2) is 12.0 Å². The van der Waals surface area contributed by atoms with Crippen LogP contribution in [0.3, 0.4) is 0 Å². The highest BCUT2D eigenvalue weighted by Crippen LogP contribution is 2.18. The van der Waals surface area contributed by atoms with Gasteiger partial charge in [0.05, 0.1) is 6.20 Å². The lowest BCUT2D eigenvalue weighted by atomic mass is 10.1. The normalized spacial score (nSPS) is 10.3. The van der Waals surface area contributed by atoms with Crippen molar-refractivity contribution >= 4 is 15.9 Å². The molecule has 2 rings (SSSR count). The Morgan fingerprint density at radius 1 is 1.22 bits per heavy atom. The highest BCUT2D eigenvalue weighted by molar-refractivity contribution is 9.10. The first-order valence-electron chi connectivity index (χ1n) is 5.74. The number of hydrogen-bond acceptors (Lipinski definition) is 3. The van der Waals surface area contributed by atoms with Gasteiger partial charge in [-0.15, -0.1) is 0 Å². The average Bonchev–Trinajstić information content (AvgIpc) is 2.38. The van der Waals surface area contributed by atoms with Crippen LogP contribution in [0.15, 0.2) is 47.2 Å². The first-order chi connectivity index (χ1) is 8.79. The van der Waals surface area contributed by atoms with Gasteiger partial charge in [0.25, 0.3) is 0 Å². The largest absolute Gasteiger partial charge is 0.487 e. The number of rotatable bonds is 5. The van der Waals surface area contributed by atoms with E-state index in [4.69, 9.17) is 4.74 Å². The number of ether oxygens (including phenoxy) is 1. The molecule has 18 heavy (non-hydrogen) atoms. The van der Waals surface area contributed by atoms with Crippen molar-refractivity contribution in [1.29, 1.82) is 0 Å². The number of hydrogen-bond donors (Lipinski definition) is 1. The van der Waals surface area contributed by atoms with E-state index in [0.29, 0.717) is 6.61 Å². The van der Waals surface area contributed by atoms with Crippen LogP contribution in [0.5, 0.6) is 5.75 Å². The molecule has 0 atom stereocenters. The van der Waals surface area contributed by atoms with Crippen molar-refractivity contribution in [1.82, 2.24) is 10.3 Å². The molecular formula is C14H15BrN2O. The predicted molar refractivity (Wildman–Crippen MR) is 75.5 cm³/mol. The van der Waals surface area contributed by atoms with Crippen LogP contribution < -0.4 is 10.1 Å². The Bertz CT molecular complexity index is 517. The van der Waals surface area contributed by atoms with E-state index in [1.807, 2.05) is 25.2 Å². The van der Waals surface area contributed by atoms with E-state index in [-0.39, 0.29) is 0 Å². The SMILES string of the molecule is CNCc1ccccc1COc1cncc(Br)c1. The number of pyridine rings is 1. The summed E-state index contributed by atoms with van der Waals surface area (Å²) >= 11 is 3.38. The lowest BCUT2D eigenvalue weighted by Crippen LogP contribution is -2.09. The van der Waals surface area contributed by atoms with Gasteiger partial charge in [-0.1, -0.05) is 24.3 Å². The molecule has 0 aliphatic carbocycles. The van der Waals surface area contributed by atoms with Gasteiger partial charge in [0.15, 0.2) is 0 Å². The second-order valence-corrected chi connectivity index (χ2v) is 4.84. The molecule has 0 saturated carbocycles. The molecule has 0 aliphatic rings. The van der Waals surface area contributed by atoms with E-state index in [1.54, 1.807) is 12.4 Å². The zero-order chi connectivity index (χ0) is 12.8. The van der Waals surface area contributed by atoms with Gasteiger partial charge < -0.3 is 10.1 Å². The van der Waals surface area contributed by atoms with Crippen molar-refractivity contribution < 1.29 is 4.74 Å². The molecule has 2 aromatic rings. The molecular weight excluding hydrogens is 292 g/mol. The topological polar surface area (TPSA) is 34.1 Å². The Balaban J connectivity index is 2.06. The molecule has 94 valence electrons. The van der Waals surface area contributed by atoms with E-state index >= 15 is 0 Å². The summed E-state index contributed by atoms with van der Waals surface area (Å²) in [5.74, 6) is 0.767. The molecule has 0 amide bonds. The third-order valence-corrected chi connectivity index (χ3v) is 2.99. The molecule has 1 aromatic heterocycles. The minimum Gasteiger partial charge on any atom is -0.487 e. The summed E-state index contributed by atoms with van der Waals surface area (Å²) < 4.78 is 6.66. The first-order valence-corrected chi connectivity index (χ1v) is 6.53. The van der Waals surface area contributed by atoms with Crippen molar-refractivity contribution in [2.45, 2.75) is 13.2 Å². The van der Waals surface area contributed by atoms with E-state index < -0.39 is 0 Å².